The lowest BCUT2D eigenvalue weighted by atomic mass is 9.93. The zero-order valence-corrected chi connectivity index (χ0v) is 12.8. The standard InChI is InChI=1S/C20H16N2O2/c1-2-14-15(8-9-18(23)19(14)22)13-10-16(20(24)17(21)11-13)12-6-4-3-5-7-12/h1,3-11,23-24H,21-22H2. The summed E-state index contributed by atoms with van der Waals surface area (Å²) in [4.78, 5) is 0. The first-order valence-electron chi connectivity index (χ1n) is 7.29. The summed E-state index contributed by atoms with van der Waals surface area (Å²) in [6, 6.07) is 16.0. The number of aromatic hydroxyl groups is 2. The van der Waals surface area contributed by atoms with Crippen LogP contribution in [0, 0.1) is 12.3 Å². The van der Waals surface area contributed by atoms with Crippen molar-refractivity contribution in [3.05, 3.63) is 60.2 Å². The molecule has 24 heavy (non-hydrogen) atoms. The van der Waals surface area contributed by atoms with Gasteiger partial charge in [0, 0.05) is 5.56 Å². The van der Waals surface area contributed by atoms with Gasteiger partial charge in [-0.25, -0.2) is 0 Å². The molecule has 0 fully saturated rings. The molecule has 4 heteroatoms. The molecule has 3 aromatic rings. The van der Waals surface area contributed by atoms with Crippen molar-refractivity contribution >= 4 is 11.4 Å². The maximum Gasteiger partial charge on any atom is 0.146 e. The number of phenolic OH excluding ortho intramolecular Hbond substituents is 2. The Morgan fingerprint density at radius 1 is 0.833 bits per heavy atom. The third-order valence-corrected chi connectivity index (χ3v) is 3.90. The van der Waals surface area contributed by atoms with Gasteiger partial charge >= 0.3 is 0 Å². The van der Waals surface area contributed by atoms with Crippen molar-refractivity contribution in [2.75, 3.05) is 11.5 Å². The smallest absolute Gasteiger partial charge is 0.146 e. The van der Waals surface area contributed by atoms with Gasteiger partial charge in [0.25, 0.3) is 0 Å². The maximum absolute atomic E-state index is 10.3. The van der Waals surface area contributed by atoms with Gasteiger partial charge in [-0.3, -0.25) is 0 Å². The highest BCUT2D eigenvalue weighted by Crippen LogP contribution is 2.40. The molecule has 0 heterocycles. The minimum Gasteiger partial charge on any atom is -0.506 e. The van der Waals surface area contributed by atoms with Gasteiger partial charge in [0.1, 0.15) is 11.5 Å². The summed E-state index contributed by atoms with van der Waals surface area (Å²) in [5.41, 5.74) is 15.4. The number of nitrogens with two attached hydrogens (primary N) is 2. The van der Waals surface area contributed by atoms with Crippen molar-refractivity contribution in [2.24, 2.45) is 0 Å². The lowest BCUT2D eigenvalue weighted by Crippen LogP contribution is -1.96. The molecule has 0 amide bonds. The van der Waals surface area contributed by atoms with E-state index in [-0.39, 0.29) is 22.9 Å². The fourth-order valence-corrected chi connectivity index (χ4v) is 2.65. The van der Waals surface area contributed by atoms with Gasteiger partial charge in [0.15, 0.2) is 0 Å². The van der Waals surface area contributed by atoms with E-state index >= 15 is 0 Å². The van der Waals surface area contributed by atoms with Crippen molar-refractivity contribution < 1.29 is 10.2 Å². The third kappa shape index (κ3) is 2.49. The minimum absolute atomic E-state index is 0.0129. The molecule has 3 rings (SSSR count). The molecule has 0 aliphatic carbocycles. The van der Waals surface area contributed by atoms with Crippen molar-refractivity contribution in [3.8, 4) is 46.1 Å². The number of phenols is 2. The Morgan fingerprint density at radius 3 is 2.21 bits per heavy atom. The molecule has 0 aliphatic rings. The second-order valence-corrected chi connectivity index (χ2v) is 5.39. The molecule has 0 radical (unpaired) electrons. The zero-order chi connectivity index (χ0) is 17.3. The van der Waals surface area contributed by atoms with Crippen molar-refractivity contribution in [2.45, 2.75) is 0 Å². The molecule has 0 spiro atoms. The summed E-state index contributed by atoms with van der Waals surface area (Å²) in [5.74, 6) is 2.45. The van der Waals surface area contributed by atoms with E-state index in [1.165, 1.54) is 6.07 Å². The molecule has 0 bridgehead atoms. The molecule has 118 valence electrons. The van der Waals surface area contributed by atoms with E-state index in [4.69, 9.17) is 17.9 Å². The number of benzene rings is 3. The molecule has 0 atom stereocenters. The number of rotatable bonds is 2. The van der Waals surface area contributed by atoms with E-state index in [0.29, 0.717) is 22.3 Å². The predicted molar refractivity (Wildman–Crippen MR) is 97.4 cm³/mol. The van der Waals surface area contributed by atoms with Crippen LogP contribution in [-0.4, -0.2) is 10.2 Å². The van der Waals surface area contributed by atoms with Crippen LogP contribution in [0.3, 0.4) is 0 Å². The van der Waals surface area contributed by atoms with E-state index < -0.39 is 0 Å². The third-order valence-electron chi connectivity index (χ3n) is 3.90. The van der Waals surface area contributed by atoms with Crippen LogP contribution >= 0.6 is 0 Å². The van der Waals surface area contributed by atoms with Gasteiger partial charge in [-0.1, -0.05) is 36.3 Å². The van der Waals surface area contributed by atoms with Crippen LogP contribution in [0.2, 0.25) is 0 Å². The molecule has 0 saturated carbocycles. The summed E-state index contributed by atoms with van der Waals surface area (Å²) in [5, 5.41) is 20.1. The van der Waals surface area contributed by atoms with Gasteiger partial charge in [-0.2, -0.15) is 0 Å². The summed E-state index contributed by atoms with van der Waals surface area (Å²) in [6.45, 7) is 0. The first-order chi connectivity index (χ1) is 11.5. The van der Waals surface area contributed by atoms with Crippen LogP contribution in [0.15, 0.2) is 54.6 Å². The average molecular weight is 316 g/mol. The summed E-state index contributed by atoms with van der Waals surface area (Å²) in [7, 11) is 0. The SMILES string of the molecule is C#Cc1c(-c2cc(N)c(O)c(-c3ccccc3)c2)ccc(O)c1N. The second kappa shape index (κ2) is 5.90. The number of nitrogen functional groups attached to an aromatic ring is 2. The van der Waals surface area contributed by atoms with Crippen LogP contribution in [0.25, 0.3) is 22.3 Å². The van der Waals surface area contributed by atoms with Gasteiger partial charge in [0.2, 0.25) is 0 Å². The minimum atomic E-state index is -0.0678. The van der Waals surface area contributed by atoms with Gasteiger partial charge < -0.3 is 21.7 Å². The van der Waals surface area contributed by atoms with E-state index in [1.807, 2.05) is 30.3 Å². The largest absolute Gasteiger partial charge is 0.506 e. The van der Waals surface area contributed by atoms with E-state index in [0.717, 1.165) is 5.56 Å². The lowest BCUT2D eigenvalue weighted by molar-refractivity contribution is 0.477. The lowest BCUT2D eigenvalue weighted by Gasteiger charge is -2.14. The van der Waals surface area contributed by atoms with Crippen molar-refractivity contribution in [1.82, 2.24) is 0 Å². The molecule has 0 aliphatic heterocycles. The molecule has 0 saturated heterocycles. The highest BCUT2D eigenvalue weighted by atomic mass is 16.3. The summed E-state index contributed by atoms with van der Waals surface area (Å²) >= 11 is 0. The Kier molecular flexibility index (Phi) is 3.77. The number of hydrogen-bond donors (Lipinski definition) is 4. The van der Waals surface area contributed by atoms with Crippen LogP contribution in [0.1, 0.15) is 5.56 Å². The predicted octanol–water partition coefficient (Wildman–Crippen LogP) is 3.58. The van der Waals surface area contributed by atoms with Gasteiger partial charge in [0.05, 0.1) is 16.9 Å². The Bertz CT molecular complexity index is 958. The number of anilines is 2. The zero-order valence-electron chi connectivity index (χ0n) is 12.8. The molecule has 4 nitrogen and oxygen atoms in total. The van der Waals surface area contributed by atoms with Crippen LogP contribution in [0.4, 0.5) is 11.4 Å². The summed E-state index contributed by atoms with van der Waals surface area (Å²) < 4.78 is 0. The monoisotopic (exact) mass is 316 g/mol. The molecule has 6 N–H and O–H groups in total. The summed E-state index contributed by atoms with van der Waals surface area (Å²) in [6.07, 6.45) is 5.55. The Morgan fingerprint density at radius 2 is 1.54 bits per heavy atom. The van der Waals surface area contributed by atoms with E-state index in [2.05, 4.69) is 5.92 Å². The van der Waals surface area contributed by atoms with E-state index in [9.17, 15) is 10.2 Å². The average Bonchev–Trinajstić information content (AvgIpc) is 2.60. The van der Waals surface area contributed by atoms with Gasteiger partial charge in [-0.05, 0) is 41.0 Å². The van der Waals surface area contributed by atoms with Crippen molar-refractivity contribution in [1.29, 1.82) is 0 Å². The highest BCUT2D eigenvalue weighted by Gasteiger charge is 2.15. The first kappa shape index (κ1) is 15.3. The van der Waals surface area contributed by atoms with Crippen LogP contribution < -0.4 is 11.5 Å². The number of terminal acetylenes is 1. The fourth-order valence-electron chi connectivity index (χ4n) is 2.65. The molecular formula is C20H16N2O2. The topological polar surface area (TPSA) is 92.5 Å². The highest BCUT2D eigenvalue weighted by molar-refractivity contribution is 5.87. The maximum atomic E-state index is 10.3. The van der Waals surface area contributed by atoms with Crippen molar-refractivity contribution in [3.63, 3.8) is 0 Å². The molecule has 0 aromatic heterocycles. The van der Waals surface area contributed by atoms with E-state index in [1.54, 1.807) is 18.2 Å². The quantitative estimate of drug-likeness (QED) is 0.330. The number of hydrogen-bond acceptors (Lipinski definition) is 4. The molecule has 3 aromatic carbocycles. The Balaban J connectivity index is 2.27. The molecule has 0 unspecified atom stereocenters. The van der Waals surface area contributed by atoms with Gasteiger partial charge in [-0.15, -0.1) is 6.42 Å². The fraction of sp³-hybridized carbons (Fsp3) is 0. The Labute approximate surface area is 140 Å². The second-order valence-electron chi connectivity index (χ2n) is 5.39. The van der Waals surface area contributed by atoms with Crippen LogP contribution in [-0.2, 0) is 0 Å². The van der Waals surface area contributed by atoms with Crippen LogP contribution in [0.5, 0.6) is 11.5 Å². The molecular weight excluding hydrogens is 300 g/mol. The normalized spacial score (nSPS) is 10.3. The first-order valence-corrected chi connectivity index (χ1v) is 7.29. The Hall–Kier alpha value is -3.58.